The van der Waals surface area contributed by atoms with Crippen molar-refractivity contribution in [3.8, 4) is 0 Å². The maximum Gasteiger partial charge on any atom is 0.443 e. The van der Waals surface area contributed by atoms with Gasteiger partial charge in [0.05, 0.1) is 18.9 Å². The number of carbonyl (C=O) groups excluding carboxylic acids is 2. The highest BCUT2D eigenvalue weighted by Crippen LogP contribution is 2.64. The number of methoxy groups -OCH3 is 1. The number of benzene rings is 1. The van der Waals surface area contributed by atoms with E-state index in [1.54, 1.807) is 55.7 Å². The van der Waals surface area contributed by atoms with Crippen LogP contribution < -0.4 is 22.3 Å². The number of fused-ring (bicyclic) bond motifs is 1. The molecule has 0 fully saturated rings. The Hall–Kier alpha value is -5.87. The number of nitrogens with one attached hydrogen (secondary N) is 2. The maximum atomic E-state index is 14.7. The van der Waals surface area contributed by atoms with Gasteiger partial charge in [0.25, 0.3) is 5.56 Å². The van der Waals surface area contributed by atoms with Crippen molar-refractivity contribution in [1.29, 1.82) is 0 Å². The van der Waals surface area contributed by atoms with Crippen LogP contribution in [0.4, 0.5) is 10.6 Å². The molecule has 322 valence electrons. The number of H-pyrrole nitrogens is 1. The monoisotopic (exact) mass is 874 g/mol. The average molecular weight is 875 g/mol. The highest BCUT2D eigenvalue weighted by molar-refractivity contribution is 8.55. The van der Waals surface area contributed by atoms with Crippen LogP contribution in [-0.4, -0.2) is 102 Å². The van der Waals surface area contributed by atoms with Crippen molar-refractivity contribution < 1.29 is 57.1 Å². The molecule has 22 nitrogen and oxygen atoms in total. The molecule has 0 spiro atoms. The second-order valence-electron chi connectivity index (χ2n) is 14.2. The molecular weight excluding hydrogens is 831 g/mol. The van der Waals surface area contributed by atoms with Gasteiger partial charge in [0, 0.05) is 43.7 Å². The van der Waals surface area contributed by atoms with Crippen LogP contribution in [0.2, 0.25) is 0 Å². The minimum Gasteiger partial charge on any atom is -0.508 e. The lowest BCUT2D eigenvalue weighted by Crippen LogP contribution is -2.45. The van der Waals surface area contributed by atoms with Gasteiger partial charge in [-0.1, -0.05) is 30.3 Å². The zero-order valence-corrected chi connectivity index (χ0v) is 34.4. The number of hydrogen-bond donors (Lipinski definition) is 5. The van der Waals surface area contributed by atoms with Crippen LogP contribution in [0.25, 0.3) is 11.2 Å². The number of aliphatic hydroxyl groups is 2. The third kappa shape index (κ3) is 10.5. The lowest BCUT2D eigenvalue weighted by Gasteiger charge is -2.24. The molecule has 2 aliphatic heterocycles. The molecule has 24 heteroatoms. The number of aromatic nitrogens is 6. The first-order valence-electron chi connectivity index (χ1n) is 18.2. The summed E-state index contributed by atoms with van der Waals surface area (Å²) in [4.78, 5) is 65.2. The molecule has 6 N–H and O–H groups in total. The Labute approximate surface area is 344 Å². The van der Waals surface area contributed by atoms with E-state index in [-0.39, 0.29) is 48.4 Å². The molecule has 0 aliphatic carbocycles. The Bertz CT molecular complexity index is 2430. The Morgan fingerprint density at radius 1 is 1.15 bits per heavy atom. The average Bonchev–Trinajstić information content (AvgIpc) is 3.88. The minimum atomic E-state index is -4.63. The van der Waals surface area contributed by atoms with E-state index in [9.17, 15) is 34.0 Å². The predicted molar refractivity (Wildman–Crippen MR) is 212 cm³/mol. The molecule has 4 unspecified atom stereocenters. The van der Waals surface area contributed by atoms with E-state index in [1.165, 1.54) is 19.8 Å². The van der Waals surface area contributed by atoms with E-state index in [2.05, 4.69) is 25.3 Å². The number of esters is 1. The largest absolute Gasteiger partial charge is 0.508 e. The number of nitrogens with zero attached hydrogens (tertiary/aromatic N) is 5. The number of rotatable bonds is 17. The van der Waals surface area contributed by atoms with Crippen molar-refractivity contribution in [1.82, 2.24) is 34.4 Å². The number of imidazole rings is 1. The molecule has 5 heterocycles. The third-order valence-corrected chi connectivity index (χ3v) is 12.0. The Morgan fingerprint density at radius 2 is 1.92 bits per heavy atom. The Morgan fingerprint density at radius 3 is 2.62 bits per heavy atom. The SMILES string of the molecule is COC1C(OP(=O)(OCC2=C(O)C(Cn3cnc4c(N)ncnc43)CO2)SCOC(=O)C(Cc2ccccc2)NC(=O)OC(C)(C)C)=C(CO)O[C@H]1n1ccc(=O)[nH]c1=O. The number of aromatic amines is 1. The number of nitrogen functional groups attached to an aromatic ring is 1. The zero-order chi connectivity index (χ0) is 43.2. The van der Waals surface area contributed by atoms with Crippen LogP contribution >= 0.6 is 18.2 Å². The molecule has 0 saturated heterocycles. The van der Waals surface area contributed by atoms with Gasteiger partial charge in [-0.2, -0.15) is 0 Å². The molecular formula is C36H43N8O14PS. The summed E-state index contributed by atoms with van der Waals surface area (Å²) in [6.45, 7) is -0.944. The van der Waals surface area contributed by atoms with Crippen molar-refractivity contribution in [2.24, 2.45) is 5.92 Å². The first kappa shape index (κ1) is 43.7. The molecule has 0 radical (unpaired) electrons. The molecule has 0 bridgehead atoms. The smallest absolute Gasteiger partial charge is 0.443 e. The van der Waals surface area contributed by atoms with Crippen molar-refractivity contribution >= 4 is 47.2 Å². The fraction of sp³-hybridized carbons (Fsp3) is 0.417. The van der Waals surface area contributed by atoms with Gasteiger partial charge in [0.2, 0.25) is 6.23 Å². The van der Waals surface area contributed by atoms with E-state index >= 15 is 0 Å². The van der Waals surface area contributed by atoms with E-state index < -0.39 is 79.2 Å². The molecule has 6 rings (SSSR count). The van der Waals surface area contributed by atoms with E-state index in [0.717, 1.165) is 16.8 Å². The third-order valence-electron chi connectivity index (χ3n) is 8.79. The minimum absolute atomic E-state index is 0.0108. The highest BCUT2D eigenvalue weighted by atomic mass is 32.7. The van der Waals surface area contributed by atoms with E-state index in [0.29, 0.717) is 28.1 Å². The maximum absolute atomic E-state index is 14.7. The van der Waals surface area contributed by atoms with Gasteiger partial charge in [-0.3, -0.25) is 18.9 Å². The van der Waals surface area contributed by atoms with Crippen LogP contribution in [0.3, 0.4) is 0 Å². The molecule has 0 saturated carbocycles. The number of alkyl carbamates (subject to hydrolysis) is 1. The molecule has 2 aliphatic rings. The highest BCUT2D eigenvalue weighted by Gasteiger charge is 2.45. The molecule has 3 aromatic heterocycles. The van der Waals surface area contributed by atoms with Crippen molar-refractivity contribution in [2.45, 2.75) is 57.7 Å². The number of amides is 1. The number of aliphatic hydroxyl groups excluding tert-OH is 2. The van der Waals surface area contributed by atoms with E-state index in [4.69, 9.17) is 38.5 Å². The molecule has 4 aromatic rings. The van der Waals surface area contributed by atoms with Gasteiger partial charge in [-0.05, 0) is 26.3 Å². The van der Waals surface area contributed by atoms with Crippen molar-refractivity contribution in [2.75, 3.05) is 38.6 Å². The van der Waals surface area contributed by atoms with Gasteiger partial charge >= 0.3 is 24.5 Å². The van der Waals surface area contributed by atoms with Crippen LogP contribution in [0.5, 0.6) is 0 Å². The molecule has 1 aromatic carbocycles. The standard InChI is InChI=1S/C36H43N8O14PS/c1-36(2,3)57-35(50)41-22(12-20-8-6-5-7-9-20)33(48)54-19-60-59(51,58-28-23(14-45)56-32(29(28)52-4)44-11-10-25(46)42-34(44)49)55-16-24-27(47)21(15-53-24)13-43-18-40-26-30(37)38-17-39-31(26)43/h5-11,17-18,21-22,29,32,45,47H,12-16,19H2,1-4H3,(H,41,50)(H2,37,38,39)(H,42,46,49)/t21?,22?,29?,32-,59?/m1/s1. The number of hydrogen-bond acceptors (Lipinski definition) is 19. The Balaban J connectivity index is 1.22. The summed E-state index contributed by atoms with van der Waals surface area (Å²) in [5, 5.41) is 24.0. The normalized spacial score (nSPS) is 19.4. The van der Waals surface area contributed by atoms with Crippen molar-refractivity contribution in [3.05, 3.63) is 105 Å². The van der Waals surface area contributed by atoms with E-state index in [1.807, 2.05) is 0 Å². The summed E-state index contributed by atoms with van der Waals surface area (Å²) in [5.41, 5.74) is 4.97. The number of nitrogens with two attached hydrogens (primary N) is 1. The van der Waals surface area contributed by atoms with Crippen molar-refractivity contribution in [3.63, 3.8) is 0 Å². The van der Waals surface area contributed by atoms with Gasteiger partial charge in [0.1, 0.15) is 48.4 Å². The van der Waals surface area contributed by atoms with Crippen LogP contribution in [0, 0.1) is 5.92 Å². The summed E-state index contributed by atoms with van der Waals surface area (Å²) in [7, 11) is 1.23. The van der Waals surface area contributed by atoms with Crippen LogP contribution in [-0.2, 0) is 55.1 Å². The fourth-order valence-electron chi connectivity index (χ4n) is 6.02. The first-order valence-corrected chi connectivity index (χ1v) is 21.3. The van der Waals surface area contributed by atoms with Gasteiger partial charge in [0.15, 0.2) is 34.8 Å². The van der Waals surface area contributed by atoms with Gasteiger partial charge in [-0.15, -0.1) is 0 Å². The Kier molecular flexibility index (Phi) is 13.5. The molecule has 1 amide bonds. The topological polar surface area (TPSA) is 293 Å². The van der Waals surface area contributed by atoms with Crippen LogP contribution in [0.1, 0.15) is 32.6 Å². The van der Waals surface area contributed by atoms with Crippen LogP contribution in [0.15, 0.2) is 87.9 Å². The quantitative estimate of drug-likeness (QED) is 0.0579. The summed E-state index contributed by atoms with van der Waals surface area (Å²) in [6, 6.07) is 8.62. The second-order valence-corrected chi connectivity index (χ2v) is 18.1. The lowest BCUT2D eigenvalue weighted by molar-refractivity contribution is -0.143. The predicted octanol–water partition coefficient (Wildman–Crippen LogP) is 2.63. The first-order chi connectivity index (χ1) is 28.6. The second kappa shape index (κ2) is 18.6. The number of ether oxygens (including phenoxy) is 5. The summed E-state index contributed by atoms with van der Waals surface area (Å²) in [6.07, 6.45) is 0.351. The summed E-state index contributed by atoms with van der Waals surface area (Å²) < 4.78 is 57.0. The number of carbonyl (C=O) groups is 2. The van der Waals surface area contributed by atoms with Gasteiger partial charge in [-0.25, -0.2) is 33.9 Å². The number of anilines is 1. The lowest BCUT2D eigenvalue weighted by atomic mass is 10.1. The van der Waals surface area contributed by atoms with Gasteiger partial charge < -0.3 is 54.0 Å². The summed E-state index contributed by atoms with van der Waals surface area (Å²) in [5.74, 6) is -3.01. The molecule has 5 atom stereocenters. The summed E-state index contributed by atoms with van der Waals surface area (Å²) >= 11 is 0.394. The zero-order valence-electron chi connectivity index (χ0n) is 32.7. The molecule has 60 heavy (non-hydrogen) atoms. The fourth-order valence-corrected chi connectivity index (χ4v) is 8.55.